The maximum Gasteiger partial charge on any atom is 0.253 e. The van der Waals surface area contributed by atoms with Gasteiger partial charge in [0.2, 0.25) is 5.91 Å². The topological polar surface area (TPSA) is 155 Å². The fourth-order valence-electron chi connectivity index (χ4n) is 5.88. The number of pyridine rings is 1. The highest BCUT2D eigenvalue weighted by Gasteiger charge is 2.48. The van der Waals surface area contributed by atoms with Crippen molar-refractivity contribution in [2.45, 2.75) is 45.8 Å². The van der Waals surface area contributed by atoms with Gasteiger partial charge >= 0.3 is 0 Å². The van der Waals surface area contributed by atoms with Gasteiger partial charge in [0.05, 0.1) is 23.0 Å². The Morgan fingerprint density at radius 1 is 1.16 bits per heavy atom. The monoisotopic (exact) mass is 519 g/mol. The van der Waals surface area contributed by atoms with E-state index in [9.17, 15) is 19.5 Å². The van der Waals surface area contributed by atoms with Crippen molar-refractivity contribution in [2.24, 2.45) is 23.5 Å². The molecular formula is C27H33N7O4. The second-order valence-corrected chi connectivity index (χ2v) is 11.0. The van der Waals surface area contributed by atoms with Crippen molar-refractivity contribution >= 4 is 34.7 Å². The first kappa shape index (κ1) is 25.7. The number of amides is 3. The Bertz CT molecular complexity index is 1410. The van der Waals surface area contributed by atoms with Crippen LogP contribution in [0.15, 0.2) is 36.8 Å². The van der Waals surface area contributed by atoms with E-state index in [1.54, 1.807) is 21.7 Å². The number of anilines is 2. The van der Waals surface area contributed by atoms with E-state index in [-0.39, 0.29) is 23.8 Å². The second kappa shape index (κ2) is 9.39. The number of carbonyl (C=O) groups excluding carboxylic acids is 3. The van der Waals surface area contributed by atoms with Gasteiger partial charge in [-0.25, -0.2) is 9.50 Å². The fraction of sp³-hybridized carbons (Fsp3) is 0.444. The molecule has 0 spiro atoms. The van der Waals surface area contributed by atoms with Gasteiger partial charge < -0.3 is 26.4 Å². The van der Waals surface area contributed by atoms with E-state index in [0.717, 1.165) is 17.5 Å². The van der Waals surface area contributed by atoms with Crippen molar-refractivity contribution in [3.8, 4) is 11.1 Å². The summed E-state index contributed by atoms with van der Waals surface area (Å²) >= 11 is 0. The Morgan fingerprint density at radius 3 is 2.53 bits per heavy atom. The van der Waals surface area contributed by atoms with Gasteiger partial charge in [-0.2, -0.15) is 5.10 Å². The summed E-state index contributed by atoms with van der Waals surface area (Å²) in [5.41, 5.74) is 7.68. The van der Waals surface area contributed by atoms with Crippen molar-refractivity contribution in [1.29, 1.82) is 0 Å². The lowest BCUT2D eigenvalue weighted by atomic mass is 9.93. The molecule has 2 fully saturated rings. The van der Waals surface area contributed by atoms with Crippen molar-refractivity contribution in [2.75, 3.05) is 23.7 Å². The summed E-state index contributed by atoms with van der Waals surface area (Å²) in [6.45, 7) is 7.86. The van der Waals surface area contributed by atoms with E-state index in [1.807, 2.05) is 18.3 Å². The average Bonchev–Trinajstić information content (AvgIpc) is 3.53. The van der Waals surface area contributed by atoms with Gasteiger partial charge in [0, 0.05) is 49.6 Å². The van der Waals surface area contributed by atoms with Crippen LogP contribution < -0.4 is 16.4 Å². The minimum absolute atomic E-state index is 0.0747. The molecule has 0 unspecified atom stereocenters. The van der Waals surface area contributed by atoms with Crippen LogP contribution in [0.3, 0.4) is 0 Å². The Labute approximate surface area is 220 Å². The maximum absolute atomic E-state index is 12.6. The highest BCUT2D eigenvalue weighted by atomic mass is 16.3. The van der Waals surface area contributed by atoms with Crippen LogP contribution in [-0.2, 0) is 9.59 Å². The maximum atomic E-state index is 12.6. The Morgan fingerprint density at radius 2 is 1.92 bits per heavy atom. The van der Waals surface area contributed by atoms with Gasteiger partial charge in [-0.05, 0) is 56.2 Å². The number of hydrogen-bond donors (Lipinski definition) is 4. The van der Waals surface area contributed by atoms with Gasteiger partial charge in [0.15, 0.2) is 0 Å². The largest absolute Gasteiger partial charge is 0.381 e. The van der Waals surface area contributed by atoms with Gasteiger partial charge in [-0.15, -0.1) is 0 Å². The summed E-state index contributed by atoms with van der Waals surface area (Å²) in [5, 5.41) is 20.8. The lowest BCUT2D eigenvalue weighted by molar-refractivity contribution is -0.147. The third kappa shape index (κ3) is 4.69. The summed E-state index contributed by atoms with van der Waals surface area (Å²) in [5.74, 6) is 0.290. The fourth-order valence-corrected chi connectivity index (χ4v) is 5.88. The number of hydrogen-bond acceptors (Lipinski definition) is 7. The highest BCUT2D eigenvalue weighted by molar-refractivity contribution is 6.02. The highest BCUT2D eigenvalue weighted by Crippen LogP contribution is 2.44. The Kier molecular flexibility index (Phi) is 6.34. The first-order valence-corrected chi connectivity index (χ1v) is 12.8. The van der Waals surface area contributed by atoms with Gasteiger partial charge in [-0.1, -0.05) is 6.92 Å². The van der Waals surface area contributed by atoms with Crippen LogP contribution in [0.2, 0.25) is 0 Å². The lowest BCUT2D eigenvalue weighted by Gasteiger charge is -2.28. The Hall–Kier alpha value is -3.99. The number of aromatic nitrogens is 3. The van der Waals surface area contributed by atoms with Gasteiger partial charge in [-0.3, -0.25) is 14.4 Å². The molecule has 5 rings (SSSR count). The zero-order valence-electron chi connectivity index (χ0n) is 21.9. The lowest BCUT2D eigenvalue weighted by Crippen LogP contribution is -2.45. The van der Waals surface area contributed by atoms with Crippen LogP contribution in [0.5, 0.6) is 0 Å². The summed E-state index contributed by atoms with van der Waals surface area (Å²) in [7, 11) is 0. The van der Waals surface area contributed by atoms with Crippen LogP contribution in [-0.4, -0.2) is 67.1 Å². The standard InChI is InChI=1S/C27H33N7O4/c1-14-20-13-33(26(37)27(3,4)38)11-18(20)7-21(14)32-24-19(25(28)36)10-30-34-12-17(8-22(24)34)16-5-6-23(29-9-16)31-15(2)35/h5-6,8-10,12,14,18,20-21,32,38H,7,11,13H2,1-4H3,(H2,28,36)(H,29,31,35)/t14-,18-,20-,21-/m1/s1. The van der Waals surface area contributed by atoms with Crippen molar-refractivity contribution in [3.05, 3.63) is 42.4 Å². The number of likely N-dealkylation sites (tertiary alicyclic amines) is 1. The second-order valence-electron chi connectivity index (χ2n) is 11.0. The first-order valence-electron chi connectivity index (χ1n) is 12.8. The summed E-state index contributed by atoms with van der Waals surface area (Å²) in [6, 6.07) is 5.59. The minimum atomic E-state index is -1.38. The predicted octanol–water partition coefficient (Wildman–Crippen LogP) is 2.12. The molecule has 5 N–H and O–H groups in total. The number of rotatable bonds is 6. The molecule has 4 atom stereocenters. The Balaban J connectivity index is 1.41. The van der Waals surface area contributed by atoms with E-state index < -0.39 is 11.5 Å². The number of aliphatic hydroxyl groups is 1. The molecule has 3 aromatic rings. The number of nitrogens with zero attached hydrogens (tertiary/aromatic N) is 4. The zero-order chi connectivity index (χ0) is 27.4. The van der Waals surface area contributed by atoms with Crippen LogP contribution in [0.1, 0.15) is 44.5 Å². The number of nitrogens with one attached hydrogen (secondary N) is 2. The number of carbonyl (C=O) groups is 3. The normalized spacial score (nSPS) is 22.9. The van der Waals surface area contributed by atoms with E-state index in [1.165, 1.54) is 27.0 Å². The van der Waals surface area contributed by atoms with Crippen LogP contribution >= 0.6 is 0 Å². The molecule has 3 amide bonds. The van der Waals surface area contributed by atoms with Gasteiger partial charge in [0.1, 0.15) is 11.4 Å². The molecule has 38 heavy (non-hydrogen) atoms. The van der Waals surface area contributed by atoms with Crippen molar-refractivity contribution < 1.29 is 19.5 Å². The smallest absolute Gasteiger partial charge is 0.253 e. The molecule has 1 saturated carbocycles. The molecule has 200 valence electrons. The van der Waals surface area contributed by atoms with Crippen LogP contribution in [0.4, 0.5) is 11.5 Å². The number of fused-ring (bicyclic) bond motifs is 2. The minimum Gasteiger partial charge on any atom is -0.381 e. The van der Waals surface area contributed by atoms with Crippen molar-refractivity contribution in [3.63, 3.8) is 0 Å². The number of primary amides is 1. The molecule has 1 saturated heterocycles. The molecule has 2 aliphatic rings. The van der Waals surface area contributed by atoms with E-state index in [0.29, 0.717) is 47.5 Å². The molecule has 1 aliphatic heterocycles. The van der Waals surface area contributed by atoms with Crippen molar-refractivity contribution in [1.82, 2.24) is 19.5 Å². The first-order chi connectivity index (χ1) is 17.9. The van der Waals surface area contributed by atoms with E-state index in [4.69, 9.17) is 5.73 Å². The molecule has 1 aliphatic carbocycles. The molecular weight excluding hydrogens is 486 g/mol. The molecule has 0 radical (unpaired) electrons. The summed E-state index contributed by atoms with van der Waals surface area (Å²) < 4.78 is 1.70. The SMILES string of the molecule is CC(=O)Nc1ccc(-c2cc3c(N[C@@H]4C[C@@H]5CN(C(=O)C(C)(C)O)C[C@@H]5[C@H]4C)c(C(N)=O)cnn3c2)cn1. The van der Waals surface area contributed by atoms with Gasteiger partial charge in [0.25, 0.3) is 11.8 Å². The molecule has 3 aromatic heterocycles. The van der Waals surface area contributed by atoms with E-state index >= 15 is 0 Å². The predicted molar refractivity (Wildman–Crippen MR) is 142 cm³/mol. The molecule has 0 aromatic carbocycles. The van der Waals surface area contributed by atoms with Crippen LogP contribution in [0, 0.1) is 17.8 Å². The molecule has 11 nitrogen and oxygen atoms in total. The molecule has 0 bridgehead atoms. The summed E-state index contributed by atoms with van der Waals surface area (Å²) in [6.07, 6.45) is 5.83. The third-order valence-electron chi connectivity index (χ3n) is 7.80. The molecule has 4 heterocycles. The average molecular weight is 520 g/mol. The summed E-state index contributed by atoms with van der Waals surface area (Å²) in [4.78, 5) is 42.3. The molecule has 11 heteroatoms. The van der Waals surface area contributed by atoms with Crippen LogP contribution in [0.25, 0.3) is 16.6 Å². The van der Waals surface area contributed by atoms with E-state index in [2.05, 4.69) is 27.6 Å². The zero-order valence-corrected chi connectivity index (χ0v) is 21.9. The number of nitrogens with two attached hydrogens (primary N) is 1. The quantitative estimate of drug-likeness (QED) is 0.389. The third-order valence-corrected chi connectivity index (χ3v) is 7.80.